The summed E-state index contributed by atoms with van der Waals surface area (Å²) in [6, 6.07) is 7.81. The molecule has 22 heavy (non-hydrogen) atoms. The van der Waals surface area contributed by atoms with E-state index in [1.54, 1.807) is 6.20 Å². The van der Waals surface area contributed by atoms with Gasteiger partial charge in [-0.2, -0.15) is 4.98 Å². The van der Waals surface area contributed by atoms with Crippen LogP contribution in [0, 0.1) is 0 Å². The summed E-state index contributed by atoms with van der Waals surface area (Å²) >= 11 is 0. The topological polar surface area (TPSA) is 59.5 Å². The quantitative estimate of drug-likeness (QED) is 0.885. The van der Waals surface area contributed by atoms with Gasteiger partial charge in [0.05, 0.1) is 0 Å². The second-order valence-electron chi connectivity index (χ2n) is 4.96. The summed E-state index contributed by atoms with van der Waals surface area (Å²) in [5, 5.41) is 3.32. The highest BCUT2D eigenvalue weighted by Gasteiger charge is 2.13. The van der Waals surface area contributed by atoms with Gasteiger partial charge >= 0.3 is 0 Å². The van der Waals surface area contributed by atoms with Crippen molar-refractivity contribution in [3.05, 3.63) is 36.0 Å². The average Bonchev–Trinajstić information content (AvgIpc) is 3.02. The summed E-state index contributed by atoms with van der Waals surface area (Å²) in [6.45, 7) is 6.94. The fourth-order valence-corrected chi connectivity index (χ4v) is 2.35. The number of hydrogen-bond acceptors (Lipinski definition) is 6. The van der Waals surface area contributed by atoms with E-state index in [9.17, 15) is 0 Å². The van der Waals surface area contributed by atoms with Gasteiger partial charge in [0.25, 0.3) is 0 Å². The summed E-state index contributed by atoms with van der Waals surface area (Å²) in [6.07, 6.45) is 1.78. The van der Waals surface area contributed by atoms with Crippen LogP contribution in [0.25, 0.3) is 0 Å². The Bertz CT molecular complexity index is 644. The molecule has 1 N–H and O–H groups in total. The first-order valence-corrected chi connectivity index (χ1v) is 7.50. The Morgan fingerprint density at radius 2 is 1.95 bits per heavy atom. The number of fused-ring (bicyclic) bond motifs is 1. The Hall–Kier alpha value is -2.50. The Morgan fingerprint density at radius 3 is 2.77 bits per heavy atom. The number of anilines is 2. The molecule has 1 aliphatic rings. The molecule has 6 heteroatoms. The summed E-state index contributed by atoms with van der Waals surface area (Å²) in [5.41, 5.74) is 1.12. The molecular weight excluding hydrogens is 280 g/mol. The third-order valence-electron chi connectivity index (χ3n) is 3.60. The highest BCUT2D eigenvalue weighted by molar-refractivity contribution is 5.46. The van der Waals surface area contributed by atoms with E-state index in [-0.39, 0.29) is 0 Å². The maximum Gasteiger partial charge on any atom is 0.231 e. The Balaban J connectivity index is 1.67. The number of hydrogen-bond donors (Lipinski definition) is 1. The van der Waals surface area contributed by atoms with E-state index < -0.39 is 0 Å². The van der Waals surface area contributed by atoms with Crippen molar-refractivity contribution in [1.82, 2.24) is 9.97 Å². The lowest BCUT2D eigenvalue weighted by molar-refractivity contribution is 0.174. The maximum absolute atomic E-state index is 5.39. The van der Waals surface area contributed by atoms with E-state index in [0.29, 0.717) is 13.3 Å². The zero-order valence-electron chi connectivity index (χ0n) is 12.9. The standard InChI is InChI=1S/C16H20N4O2/c1-3-20(4-2)16-17-8-7-15(19-16)18-10-12-5-6-13-14(9-12)22-11-21-13/h5-9H,3-4,10-11H2,1-2H3,(H,17,18,19). The number of nitrogens with zero attached hydrogens (tertiary/aromatic N) is 3. The molecular formula is C16H20N4O2. The van der Waals surface area contributed by atoms with Crippen molar-refractivity contribution in [3.63, 3.8) is 0 Å². The van der Waals surface area contributed by atoms with Crippen LogP contribution >= 0.6 is 0 Å². The molecule has 0 saturated heterocycles. The lowest BCUT2D eigenvalue weighted by Crippen LogP contribution is -2.24. The molecule has 1 aromatic carbocycles. The van der Waals surface area contributed by atoms with E-state index >= 15 is 0 Å². The SMILES string of the molecule is CCN(CC)c1nccc(NCc2ccc3c(c2)OCO3)n1. The van der Waals surface area contributed by atoms with Crippen molar-refractivity contribution in [2.45, 2.75) is 20.4 Å². The fourth-order valence-electron chi connectivity index (χ4n) is 2.35. The molecule has 2 aromatic rings. The van der Waals surface area contributed by atoms with E-state index in [4.69, 9.17) is 9.47 Å². The minimum absolute atomic E-state index is 0.297. The zero-order chi connectivity index (χ0) is 15.4. The lowest BCUT2D eigenvalue weighted by Gasteiger charge is -2.18. The predicted molar refractivity (Wildman–Crippen MR) is 85.5 cm³/mol. The normalized spacial score (nSPS) is 12.3. The van der Waals surface area contributed by atoms with Crippen LogP contribution in [0.2, 0.25) is 0 Å². The maximum atomic E-state index is 5.39. The van der Waals surface area contributed by atoms with Crippen molar-refractivity contribution in [2.75, 3.05) is 30.1 Å². The highest BCUT2D eigenvalue weighted by atomic mass is 16.7. The predicted octanol–water partition coefficient (Wildman–Crippen LogP) is 2.66. The molecule has 0 spiro atoms. The van der Waals surface area contributed by atoms with Crippen molar-refractivity contribution in [1.29, 1.82) is 0 Å². The molecule has 0 atom stereocenters. The van der Waals surface area contributed by atoms with Gasteiger partial charge < -0.3 is 19.7 Å². The van der Waals surface area contributed by atoms with Gasteiger partial charge in [-0.1, -0.05) is 6.07 Å². The van der Waals surface area contributed by atoms with Crippen LogP contribution < -0.4 is 19.7 Å². The van der Waals surface area contributed by atoms with Gasteiger partial charge in [0.1, 0.15) is 5.82 Å². The molecule has 6 nitrogen and oxygen atoms in total. The minimum Gasteiger partial charge on any atom is -0.454 e. The first-order valence-electron chi connectivity index (χ1n) is 7.50. The molecule has 0 radical (unpaired) electrons. The number of aromatic nitrogens is 2. The average molecular weight is 300 g/mol. The van der Waals surface area contributed by atoms with Gasteiger partial charge in [0, 0.05) is 25.8 Å². The molecule has 0 bridgehead atoms. The van der Waals surface area contributed by atoms with Crippen molar-refractivity contribution >= 4 is 11.8 Å². The Kier molecular flexibility index (Phi) is 4.27. The monoisotopic (exact) mass is 300 g/mol. The van der Waals surface area contributed by atoms with Gasteiger partial charge in [0.2, 0.25) is 12.7 Å². The Labute approximate surface area is 130 Å². The van der Waals surface area contributed by atoms with Gasteiger partial charge in [-0.3, -0.25) is 0 Å². The zero-order valence-corrected chi connectivity index (χ0v) is 12.9. The Morgan fingerprint density at radius 1 is 1.14 bits per heavy atom. The van der Waals surface area contributed by atoms with Gasteiger partial charge in [-0.05, 0) is 37.6 Å². The van der Waals surface area contributed by atoms with Crippen LogP contribution in [0.5, 0.6) is 11.5 Å². The van der Waals surface area contributed by atoms with Crippen LogP contribution in [0.4, 0.5) is 11.8 Å². The first-order chi connectivity index (χ1) is 10.8. The molecule has 0 unspecified atom stereocenters. The smallest absolute Gasteiger partial charge is 0.231 e. The first kappa shape index (κ1) is 14.4. The molecule has 2 heterocycles. The van der Waals surface area contributed by atoms with Gasteiger partial charge in [-0.15, -0.1) is 0 Å². The lowest BCUT2D eigenvalue weighted by atomic mass is 10.2. The third-order valence-corrected chi connectivity index (χ3v) is 3.60. The summed E-state index contributed by atoms with van der Waals surface area (Å²) in [7, 11) is 0. The minimum atomic E-state index is 0.297. The molecule has 3 rings (SSSR count). The third kappa shape index (κ3) is 3.05. The molecule has 0 fully saturated rings. The molecule has 116 valence electrons. The molecule has 0 aliphatic carbocycles. The molecule has 0 amide bonds. The number of ether oxygens (including phenoxy) is 2. The van der Waals surface area contributed by atoms with Gasteiger partial charge in [-0.25, -0.2) is 4.98 Å². The number of nitrogens with one attached hydrogen (secondary N) is 1. The summed E-state index contributed by atoms with van der Waals surface area (Å²) in [4.78, 5) is 11.0. The number of benzene rings is 1. The molecule has 1 aromatic heterocycles. The van der Waals surface area contributed by atoms with Crippen LogP contribution in [-0.4, -0.2) is 29.9 Å². The second-order valence-corrected chi connectivity index (χ2v) is 4.96. The number of rotatable bonds is 6. The van der Waals surface area contributed by atoms with Crippen molar-refractivity contribution in [3.8, 4) is 11.5 Å². The van der Waals surface area contributed by atoms with E-state index in [2.05, 4.69) is 34.0 Å². The van der Waals surface area contributed by atoms with Gasteiger partial charge in [0.15, 0.2) is 11.5 Å². The van der Waals surface area contributed by atoms with Crippen molar-refractivity contribution < 1.29 is 9.47 Å². The van der Waals surface area contributed by atoms with Crippen LogP contribution in [0.1, 0.15) is 19.4 Å². The van der Waals surface area contributed by atoms with Crippen LogP contribution in [-0.2, 0) is 6.54 Å². The van der Waals surface area contributed by atoms with E-state index in [1.807, 2.05) is 24.3 Å². The van der Waals surface area contributed by atoms with Crippen molar-refractivity contribution in [2.24, 2.45) is 0 Å². The summed E-state index contributed by atoms with van der Waals surface area (Å²) in [5.74, 6) is 3.16. The van der Waals surface area contributed by atoms with Crippen LogP contribution in [0.3, 0.4) is 0 Å². The molecule has 0 saturated carbocycles. The fraction of sp³-hybridized carbons (Fsp3) is 0.375. The second kappa shape index (κ2) is 6.51. The van der Waals surface area contributed by atoms with E-state index in [0.717, 1.165) is 41.9 Å². The van der Waals surface area contributed by atoms with Crippen LogP contribution in [0.15, 0.2) is 30.5 Å². The summed E-state index contributed by atoms with van der Waals surface area (Å²) < 4.78 is 10.7. The molecule has 1 aliphatic heterocycles. The highest BCUT2D eigenvalue weighted by Crippen LogP contribution is 2.32. The largest absolute Gasteiger partial charge is 0.454 e. The van der Waals surface area contributed by atoms with E-state index in [1.165, 1.54) is 0 Å².